The van der Waals surface area contributed by atoms with E-state index in [1.165, 1.54) is 0 Å². The Morgan fingerprint density at radius 1 is 1.22 bits per heavy atom. The van der Waals surface area contributed by atoms with Gasteiger partial charge in [0.15, 0.2) is 12.0 Å². The lowest BCUT2D eigenvalue weighted by molar-refractivity contribution is -0.145. The molecule has 0 atom stereocenters. The maximum atomic E-state index is 12.4. The highest BCUT2D eigenvalue weighted by atomic mass is 16.7. The predicted octanol–water partition coefficient (Wildman–Crippen LogP) is 1.49. The normalized spacial score (nSPS) is 11.4. The van der Waals surface area contributed by atoms with Gasteiger partial charge < -0.3 is 19.4 Å². The summed E-state index contributed by atoms with van der Waals surface area (Å²) in [6.07, 6.45) is 1.16. The first-order valence-corrected chi connectivity index (χ1v) is 8.94. The number of nitrogens with one attached hydrogen (secondary N) is 1. The van der Waals surface area contributed by atoms with Crippen molar-refractivity contribution >= 4 is 16.9 Å². The summed E-state index contributed by atoms with van der Waals surface area (Å²) in [5.74, 6) is 0.461. The number of rotatable bonds is 9. The number of carbonyl (C=O) groups excluding carboxylic acids is 1. The molecule has 1 N–H and O–H groups in total. The molecule has 0 aliphatic carbocycles. The molecule has 0 saturated carbocycles. The molecule has 0 saturated heterocycles. The van der Waals surface area contributed by atoms with E-state index in [-0.39, 0.29) is 11.6 Å². The minimum Gasteiger partial charge on any atom is -0.351 e. The van der Waals surface area contributed by atoms with Gasteiger partial charge >= 0.3 is 0 Å². The third-order valence-electron chi connectivity index (χ3n) is 4.10. The van der Waals surface area contributed by atoms with Crippen LogP contribution in [0.25, 0.3) is 11.0 Å². The zero-order valence-electron chi connectivity index (χ0n) is 15.8. The second-order valence-electron chi connectivity index (χ2n) is 5.92. The molecule has 0 radical (unpaired) electrons. The van der Waals surface area contributed by atoms with E-state index >= 15 is 0 Å². The lowest BCUT2D eigenvalue weighted by atomic mass is 10.3. The quantitative estimate of drug-likeness (QED) is 0.572. The van der Waals surface area contributed by atoms with E-state index in [0.717, 1.165) is 16.9 Å². The molecule has 2 heterocycles. The minimum atomic E-state index is -0.419. The fourth-order valence-corrected chi connectivity index (χ4v) is 2.77. The van der Waals surface area contributed by atoms with E-state index in [1.54, 1.807) is 10.9 Å². The Balaban J connectivity index is 1.61. The number of fused-ring (bicyclic) bond motifs is 1. The number of nitrogens with zero attached hydrogens (tertiary/aromatic N) is 5. The molecule has 0 unspecified atom stereocenters. The monoisotopic (exact) mass is 372 g/mol. The molecule has 2 aromatic heterocycles. The number of aryl methyl sites for hydroxylation is 1. The molecule has 0 fully saturated rings. The Kier molecular flexibility index (Phi) is 6.15. The summed E-state index contributed by atoms with van der Waals surface area (Å²) in [5.41, 5.74) is 2.15. The SMILES string of the molecule is CCOC(Cn1cc(C(=O)NCc2nc3ccccc3n2C)nn1)OCC. The van der Waals surface area contributed by atoms with Crippen molar-refractivity contribution in [1.82, 2.24) is 29.9 Å². The number of benzene rings is 1. The van der Waals surface area contributed by atoms with E-state index in [9.17, 15) is 4.79 Å². The van der Waals surface area contributed by atoms with Crippen molar-refractivity contribution in [2.45, 2.75) is 33.2 Å². The van der Waals surface area contributed by atoms with Gasteiger partial charge in [-0.05, 0) is 26.0 Å². The van der Waals surface area contributed by atoms with Gasteiger partial charge in [-0.2, -0.15) is 0 Å². The molecule has 0 aliphatic rings. The van der Waals surface area contributed by atoms with Crippen LogP contribution in [-0.2, 0) is 29.6 Å². The average molecular weight is 372 g/mol. The third kappa shape index (κ3) is 4.50. The standard InChI is InChI=1S/C18H24N6O3/c1-4-26-17(27-5-2)12-24-11-14(21-22-24)18(25)19-10-16-20-13-8-6-7-9-15(13)23(16)3/h6-9,11,17H,4-5,10,12H2,1-3H3,(H,19,25). The first-order chi connectivity index (χ1) is 13.1. The van der Waals surface area contributed by atoms with E-state index in [0.29, 0.717) is 26.3 Å². The first kappa shape index (κ1) is 19.0. The number of para-hydroxylation sites is 2. The topological polar surface area (TPSA) is 96.1 Å². The van der Waals surface area contributed by atoms with E-state index in [4.69, 9.17) is 9.47 Å². The van der Waals surface area contributed by atoms with Crippen molar-refractivity contribution in [3.63, 3.8) is 0 Å². The van der Waals surface area contributed by atoms with Crippen LogP contribution in [0.15, 0.2) is 30.5 Å². The Morgan fingerprint density at radius 2 is 1.96 bits per heavy atom. The van der Waals surface area contributed by atoms with Gasteiger partial charge in [0.25, 0.3) is 5.91 Å². The van der Waals surface area contributed by atoms with Gasteiger partial charge in [-0.1, -0.05) is 17.3 Å². The molecule has 0 aliphatic heterocycles. The number of aromatic nitrogens is 5. The van der Waals surface area contributed by atoms with E-state index < -0.39 is 6.29 Å². The Bertz CT molecular complexity index is 898. The molecule has 27 heavy (non-hydrogen) atoms. The Labute approximate surface area is 157 Å². The van der Waals surface area contributed by atoms with Crippen LogP contribution >= 0.6 is 0 Å². The maximum absolute atomic E-state index is 12.4. The number of amides is 1. The van der Waals surface area contributed by atoms with Crippen molar-refractivity contribution in [2.75, 3.05) is 13.2 Å². The molecule has 0 bridgehead atoms. The summed E-state index contributed by atoms with van der Waals surface area (Å²) < 4.78 is 14.5. The van der Waals surface area contributed by atoms with Crippen LogP contribution in [0.4, 0.5) is 0 Å². The van der Waals surface area contributed by atoms with Crippen LogP contribution in [0.1, 0.15) is 30.2 Å². The summed E-state index contributed by atoms with van der Waals surface area (Å²) >= 11 is 0. The molecule has 9 nitrogen and oxygen atoms in total. The summed E-state index contributed by atoms with van der Waals surface area (Å²) in [6, 6.07) is 7.84. The Morgan fingerprint density at radius 3 is 2.67 bits per heavy atom. The molecule has 1 aromatic carbocycles. The fraction of sp³-hybridized carbons (Fsp3) is 0.444. The van der Waals surface area contributed by atoms with Gasteiger partial charge in [-0.15, -0.1) is 5.10 Å². The fourth-order valence-electron chi connectivity index (χ4n) is 2.77. The number of ether oxygens (including phenoxy) is 2. The molecule has 1 amide bonds. The minimum absolute atomic E-state index is 0.237. The molecule has 0 spiro atoms. The molecule has 3 aromatic rings. The van der Waals surface area contributed by atoms with Gasteiger partial charge in [0.1, 0.15) is 5.82 Å². The van der Waals surface area contributed by atoms with Crippen molar-refractivity contribution in [3.8, 4) is 0 Å². The number of hydrogen-bond acceptors (Lipinski definition) is 6. The van der Waals surface area contributed by atoms with Crippen LogP contribution in [0.2, 0.25) is 0 Å². The summed E-state index contributed by atoms with van der Waals surface area (Å²) in [4.78, 5) is 16.9. The molecule has 3 rings (SSSR count). The van der Waals surface area contributed by atoms with Crippen molar-refractivity contribution in [1.29, 1.82) is 0 Å². The second kappa shape index (κ2) is 8.74. The molecular weight excluding hydrogens is 348 g/mol. The Hall–Kier alpha value is -2.78. The predicted molar refractivity (Wildman–Crippen MR) is 98.9 cm³/mol. The van der Waals surface area contributed by atoms with Crippen molar-refractivity contribution in [2.24, 2.45) is 7.05 Å². The highest BCUT2D eigenvalue weighted by Crippen LogP contribution is 2.14. The zero-order valence-corrected chi connectivity index (χ0v) is 15.8. The van der Waals surface area contributed by atoms with Crippen molar-refractivity contribution < 1.29 is 14.3 Å². The largest absolute Gasteiger partial charge is 0.351 e. The van der Waals surface area contributed by atoms with E-state index in [2.05, 4.69) is 20.6 Å². The van der Waals surface area contributed by atoms with Crippen LogP contribution in [-0.4, -0.2) is 50.0 Å². The van der Waals surface area contributed by atoms with Gasteiger partial charge in [0, 0.05) is 20.3 Å². The van der Waals surface area contributed by atoms with Crippen molar-refractivity contribution in [3.05, 3.63) is 42.0 Å². The third-order valence-corrected chi connectivity index (χ3v) is 4.10. The maximum Gasteiger partial charge on any atom is 0.273 e. The first-order valence-electron chi connectivity index (χ1n) is 8.94. The average Bonchev–Trinajstić information content (AvgIpc) is 3.25. The van der Waals surface area contributed by atoms with Crippen LogP contribution in [0.5, 0.6) is 0 Å². The highest BCUT2D eigenvalue weighted by Gasteiger charge is 2.15. The number of carbonyl (C=O) groups is 1. The van der Waals surface area contributed by atoms with Gasteiger partial charge in [0.05, 0.1) is 30.3 Å². The van der Waals surface area contributed by atoms with Crippen LogP contribution in [0.3, 0.4) is 0 Å². The summed E-state index contributed by atoms with van der Waals surface area (Å²) in [7, 11) is 1.93. The molecule has 144 valence electrons. The second-order valence-corrected chi connectivity index (χ2v) is 5.92. The molecular formula is C18H24N6O3. The smallest absolute Gasteiger partial charge is 0.273 e. The van der Waals surface area contributed by atoms with Gasteiger partial charge in [-0.25, -0.2) is 9.67 Å². The van der Waals surface area contributed by atoms with Crippen LogP contribution in [0, 0.1) is 0 Å². The summed E-state index contributed by atoms with van der Waals surface area (Å²) in [6.45, 7) is 5.53. The number of imidazole rings is 1. The van der Waals surface area contributed by atoms with Gasteiger partial charge in [0.2, 0.25) is 0 Å². The molecule has 9 heteroatoms. The van der Waals surface area contributed by atoms with Crippen LogP contribution < -0.4 is 5.32 Å². The summed E-state index contributed by atoms with van der Waals surface area (Å²) in [5, 5.41) is 10.7. The van der Waals surface area contributed by atoms with E-state index in [1.807, 2.05) is 49.7 Å². The number of hydrogen-bond donors (Lipinski definition) is 1. The van der Waals surface area contributed by atoms with Gasteiger partial charge in [-0.3, -0.25) is 4.79 Å². The lowest BCUT2D eigenvalue weighted by Gasteiger charge is -2.16. The lowest BCUT2D eigenvalue weighted by Crippen LogP contribution is -2.25. The zero-order chi connectivity index (χ0) is 19.2. The highest BCUT2D eigenvalue weighted by molar-refractivity contribution is 5.91.